The molecule has 2 aliphatic heterocycles. The molecule has 0 spiro atoms. The van der Waals surface area contributed by atoms with Gasteiger partial charge in [0.15, 0.2) is 21.3 Å². The van der Waals surface area contributed by atoms with E-state index >= 15 is 0 Å². The van der Waals surface area contributed by atoms with Crippen molar-refractivity contribution in [3.63, 3.8) is 0 Å². The van der Waals surface area contributed by atoms with Gasteiger partial charge in [-0.05, 0) is 24.6 Å². The van der Waals surface area contributed by atoms with Crippen LogP contribution in [0.1, 0.15) is 12.3 Å². The zero-order chi connectivity index (χ0) is 22.0. The Morgan fingerprint density at radius 2 is 2.00 bits per heavy atom. The quantitative estimate of drug-likeness (QED) is 0.613. The fourth-order valence-electron chi connectivity index (χ4n) is 3.98. The van der Waals surface area contributed by atoms with Crippen LogP contribution in [0, 0.1) is 0 Å². The number of halogens is 2. The predicted octanol–water partition coefficient (Wildman–Crippen LogP) is 1.65. The van der Waals surface area contributed by atoms with Crippen molar-refractivity contribution in [1.82, 2.24) is 19.9 Å². The molecule has 1 aromatic heterocycles. The smallest absolute Gasteiger partial charge is 0.387 e. The number of ether oxygens (including phenoxy) is 2. The summed E-state index contributed by atoms with van der Waals surface area (Å²) in [5.74, 6) is 1.38. The monoisotopic (exact) mass is 458 g/mol. The fraction of sp³-hybridized carbons (Fsp3) is 0.579. The largest absolute Gasteiger partial charge is 0.493 e. The molecule has 0 unspecified atom stereocenters. The first-order chi connectivity index (χ1) is 14.8. The molecule has 2 aliphatic rings. The standard InChI is InChI=1S/C19H24F2N4O5S/c1-28-16-10-13(2-3-15(16)29-19(20)21)18-22-17(30-23-18)11-24-5-7-25(8-6-24)14-4-9-31(26,27)12-14/h2-3,10,14,19H,4-9,11-12H2,1H3/t14-/m0/s1. The van der Waals surface area contributed by atoms with Crippen LogP contribution in [0.2, 0.25) is 0 Å². The van der Waals surface area contributed by atoms with Gasteiger partial charge in [-0.15, -0.1) is 0 Å². The summed E-state index contributed by atoms with van der Waals surface area (Å²) in [6, 6.07) is 4.57. The number of benzene rings is 1. The van der Waals surface area contributed by atoms with Gasteiger partial charge in [-0.25, -0.2) is 8.42 Å². The molecule has 170 valence electrons. The Hall–Kier alpha value is -2.31. The van der Waals surface area contributed by atoms with Gasteiger partial charge >= 0.3 is 6.61 Å². The van der Waals surface area contributed by atoms with E-state index in [4.69, 9.17) is 9.26 Å². The molecule has 0 amide bonds. The van der Waals surface area contributed by atoms with Crippen LogP contribution in [0.15, 0.2) is 22.7 Å². The zero-order valence-electron chi connectivity index (χ0n) is 17.0. The molecule has 12 heteroatoms. The van der Waals surface area contributed by atoms with Crippen LogP contribution in [-0.2, 0) is 16.4 Å². The Balaban J connectivity index is 1.35. The Labute approximate surface area is 178 Å². The second-order valence-corrected chi connectivity index (χ2v) is 9.85. The molecule has 2 aromatic rings. The summed E-state index contributed by atoms with van der Waals surface area (Å²) in [6.07, 6.45) is 0.708. The number of hydrogen-bond acceptors (Lipinski definition) is 9. The number of piperazine rings is 1. The lowest BCUT2D eigenvalue weighted by molar-refractivity contribution is -0.0512. The highest BCUT2D eigenvalue weighted by Crippen LogP contribution is 2.32. The van der Waals surface area contributed by atoms with E-state index in [0.29, 0.717) is 30.2 Å². The minimum Gasteiger partial charge on any atom is -0.493 e. The van der Waals surface area contributed by atoms with Gasteiger partial charge in [0.2, 0.25) is 11.7 Å². The molecule has 0 saturated carbocycles. The average Bonchev–Trinajstić information content (AvgIpc) is 3.34. The summed E-state index contributed by atoms with van der Waals surface area (Å²) in [5.41, 5.74) is 0.556. The van der Waals surface area contributed by atoms with E-state index in [-0.39, 0.29) is 29.0 Å². The Bertz CT molecular complexity index is 1010. The van der Waals surface area contributed by atoms with Crippen LogP contribution in [0.5, 0.6) is 11.5 Å². The van der Waals surface area contributed by atoms with E-state index in [9.17, 15) is 17.2 Å². The zero-order valence-corrected chi connectivity index (χ0v) is 17.9. The first-order valence-electron chi connectivity index (χ1n) is 9.95. The van der Waals surface area contributed by atoms with Crippen molar-refractivity contribution in [2.24, 2.45) is 0 Å². The van der Waals surface area contributed by atoms with Crippen molar-refractivity contribution in [3.05, 3.63) is 24.1 Å². The van der Waals surface area contributed by atoms with Gasteiger partial charge in [-0.3, -0.25) is 9.80 Å². The molecule has 9 nitrogen and oxygen atoms in total. The normalized spacial score (nSPS) is 22.1. The molecule has 1 atom stereocenters. The Morgan fingerprint density at radius 3 is 2.65 bits per heavy atom. The lowest BCUT2D eigenvalue weighted by atomic mass is 10.2. The number of sulfone groups is 1. The summed E-state index contributed by atoms with van der Waals surface area (Å²) < 4.78 is 63.3. The summed E-state index contributed by atoms with van der Waals surface area (Å²) in [4.78, 5) is 8.82. The molecule has 4 rings (SSSR count). The number of alkyl halides is 2. The van der Waals surface area contributed by atoms with E-state index in [1.807, 2.05) is 0 Å². The third-order valence-corrected chi connectivity index (χ3v) is 7.35. The van der Waals surface area contributed by atoms with Crippen LogP contribution < -0.4 is 9.47 Å². The van der Waals surface area contributed by atoms with Crippen molar-refractivity contribution < 1.29 is 31.2 Å². The van der Waals surface area contributed by atoms with Gasteiger partial charge in [0.25, 0.3) is 0 Å². The predicted molar refractivity (Wildman–Crippen MR) is 107 cm³/mol. The molecule has 0 bridgehead atoms. The van der Waals surface area contributed by atoms with Gasteiger partial charge in [0.05, 0.1) is 25.2 Å². The van der Waals surface area contributed by atoms with Crippen LogP contribution >= 0.6 is 0 Å². The minimum atomic E-state index is -2.95. The molecule has 0 radical (unpaired) electrons. The topological polar surface area (TPSA) is 98.0 Å². The molecular formula is C19H24F2N4O5S. The number of rotatable bonds is 7. The first kappa shape index (κ1) is 21.9. The minimum absolute atomic E-state index is 0.0714. The Kier molecular flexibility index (Phi) is 6.39. The molecule has 0 aliphatic carbocycles. The number of aromatic nitrogens is 2. The van der Waals surface area contributed by atoms with Crippen LogP contribution in [0.3, 0.4) is 0 Å². The number of methoxy groups -OCH3 is 1. The van der Waals surface area contributed by atoms with Crippen LogP contribution in [0.4, 0.5) is 8.78 Å². The lowest BCUT2D eigenvalue weighted by Crippen LogP contribution is -2.50. The van der Waals surface area contributed by atoms with Gasteiger partial charge in [-0.2, -0.15) is 13.8 Å². The van der Waals surface area contributed by atoms with Gasteiger partial charge in [0, 0.05) is 37.8 Å². The lowest BCUT2D eigenvalue weighted by Gasteiger charge is -2.37. The third-order valence-electron chi connectivity index (χ3n) is 5.60. The maximum atomic E-state index is 12.5. The van der Waals surface area contributed by atoms with Crippen LogP contribution in [0.25, 0.3) is 11.4 Å². The molecule has 2 fully saturated rings. The van der Waals surface area contributed by atoms with E-state index in [1.165, 1.54) is 19.2 Å². The molecule has 2 saturated heterocycles. The highest BCUT2D eigenvalue weighted by Gasteiger charge is 2.33. The van der Waals surface area contributed by atoms with Gasteiger partial charge in [-0.1, -0.05) is 5.16 Å². The number of hydrogen-bond donors (Lipinski definition) is 0. The van der Waals surface area contributed by atoms with Crippen molar-refractivity contribution in [3.8, 4) is 22.9 Å². The maximum absolute atomic E-state index is 12.5. The van der Waals surface area contributed by atoms with Crippen molar-refractivity contribution in [2.75, 3.05) is 44.8 Å². The second-order valence-electron chi connectivity index (χ2n) is 7.62. The maximum Gasteiger partial charge on any atom is 0.387 e. The first-order valence-corrected chi connectivity index (χ1v) is 11.8. The molecule has 31 heavy (non-hydrogen) atoms. The van der Waals surface area contributed by atoms with Crippen LogP contribution in [-0.4, -0.2) is 85.8 Å². The van der Waals surface area contributed by atoms with E-state index in [0.717, 1.165) is 26.2 Å². The van der Waals surface area contributed by atoms with Crippen molar-refractivity contribution >= 4 is 9.84 Å². The fourth-order valence-corrected chi connectivity index (χ4v) is 5.74. The number of nitrogens with zero attached hydrogens (tertiary/aromatic N) is 4. The summed E-state index contributed by atoms with van der Waals surface area (Å²) >= 11 is 0. The van der Waals surface area contributed by atoms with Gasteiger partial charge in [0.1, 0.15) is 0 Å². The van der Waals surface area contributed by atoms with Crippen molar-refractivity contribution in [1.29, 1.82) is 0 Å². The summed E-state index contributed by atoms with van der Waals surface area (Å²) in [7, 11) is -1.53. The Morgan fingerprint density at radius 1 is 1.23 bits per heavy atom. The van der Waals surface area contributed by atoms with Gasteiger partial charge < -0.3 is 14.0 Å². The summed E-state index contributed by atoms with van der Waals surface area (Å²) in [5, 5.41) is 3.98. The second kappa shape index (κ2) is 9.05. The molecular weight excluding hydrogens is 434 g/mol. The summed E-state index contributed by atoms with van der Waals surface area (Å²) in [6.45, 7) is 0.681. The molecule has 1 aromatic carbocycles. The molecule has 0 N–H and O–H groups in total. The SMILES string of the molecule is COc1cc(-c2noc(CN3CCN([C@H]4CCS(=O)(=O)C4)CC3)n2)ccc1OC(F)F. The van der Waals surface area contributed by atoms with E-state index in [1.54, 1.807) is 6.07 Å². The van der Waals surface area contributed by atoms with E-state index < -0.39 is 16.4 Å². The molecule has 3 heterocycles. The highest BCUT2D eigenvalue weighted by molar-refractivity contribution is 7.91. The van der Waals surface area contributed by atoms with E-state index in [2.05, 4.69) is 24.7 Å². The highest BCUT2D eigenvalue weighted by atomic mass is 32.2. The third kappa shape index (κ3) is 5.31. The van der Waals surface area contributed by atoms with Crippen molar-refractivity contribution in [2.45, 2.75) is 25.6 Å². The average molecular weight is 458 g/mol.